The number of methoxy groups -OCH3 is 1. The van der Waals surface area contributed by atoms with E-state index in [4.69, 9.17) is 21.1 Å². The lowest BCUT2D eigenvalue weighted by Gasteiger charge is -2.26. The van der Waals surface area contributed by atoms with Crippen LogP contribution in [0.25, 0.3) is 0 Å². The quantitative estimate of drug-likeness (QED) is 0.311. The Balaban J connectivity index is 1.62. The lowest BCUT2D eigenvalue weighted by Crippen LogP contribution is -2.17. The minimum absolute atomic E-state index is 0.531. The summed E-state index contributed by atoms with van der Waals surface area (Å²) in [4.78, 5) is 10.5. The van der Waals surface area contributed by atoms with Crippen molar-refractivity contribution in [1.29, 1.82) is 0 Å². The molecular formula is C26H24ClN3O2. The molecule has 4 rings (SSSR count). The maximum atomic E-state index is 6.30. The van der Waals surface area contributed by atoms with E-state index in [0.29, 0.717) is 29.7 Å². The Bertz CT molecular complexity index is 1140. The first-order valence-electron chi connectivity index (χ1n) is 10.3. The third-order valence-corrected chi connectivity index (χ3v) is 5.27. The molecule has 32 heavy (non-hydrogen) atoms. The highest BCUT2D eigenvalue weighted by Gasteiger charge is 2.15. The standard InChI is InChI=1S/C26H24ClN3O2/c1-31-25-8-7-24(17-26(25)32-15-11-20-9-13-28-14-10-20)30(19-21-4-3-12-29-18-21)23-6-2-5-22(27)16-23/h2-10,12-14,16-18H,11,15,19H2,1H3. The number of hydrogen-bond donors (Lipinski definition) is 0. The molecule has 0 bridgehead atoms. The molecule has 0 amide bonds. The summed E-state index contributed by atoms with van der Waals surface area (Å²) in [5.41, 5.74) is 4.21. The van der Waals surface area contributed by atoms with Gasteiger partial charge in [0.25, 0.3) is 0 Å². The van der Waals surface area contributed by atoms with Crippen LogP contribution in [0.4, 0.5) is 11.4 Å². The van der Waals surface area contributed by atoms with E-state index in [1.165, 1.54) is 5.56 Å². The van der Waals surface area contributed by atoms with Gasteiger partial charge in [-0.1, -0.05) is 23.7 Å². The van der Waals surface area contributed by atoms with E-state index in [1.807, 2.05) is 66.9 Å². The summed E-state index contributed by atoms with van der Waals surface area (Å²) in [6.45, 7) is 1.17. The zero-order valence-corrected chi connectivity index (χ0v) is 18.6. The Morgan fingerprint density at radius 3 is 2.41 bits per heavy atom. The number of nitrogens with zero attached hydrogens (tertiary/aromatic N) is 3. The predicted octanol–water partition coefficient (Wildman–Crippen LogP) is 6.10. The number of pyridine rings is 2. The van der Waals surface area contributed by atoms with E-state index >= 15 is 0 Å². The zero-order chi connectivity index (χ0) is 22.2. The Kier molecular flexibility index (Phi) is 7.20. The number of hydrogen-bond acceptors (Lipinski definition) is 5. The van der Waals surface area contributed by atoms with Crippen LogP contribution in [0.15, 0.2) is 91.5 Å². The third-order valence-electron chi connectivity index (χ3n) is 5.04. The molecule has 0 aliphatic carbocycles. The van der Waals surface area contributed by atoms with Gasteiger partial charge >= 0.3 is 0 Å². The lowest BCUT2D eigenvalue weighted by atomic mass is 10.1. The first-order valence-corrected chi connectivity index (χ1v) is 10.7. The smallest absolute Gasteiger partial charge is 0.163 e. The van der Waals surface area contributed by atoms with Crippen molar-refractivity contribution in [2.45, 2.75) is 13.0 Å². The summed E-state index contributed by atoms with van der Waals surface area (Å²) in [5, 5.41) is 0.682. The first-order chi connectivity index (χ1) is 15.7. The van der Waals surface area contributed by atoms with E-state index in [2.05, 4.69) is 20.9 Å². The van der Waals surface area contributed by atoms with Gasteiger partial charge in [0.2, 0.25) is 0 Å². The molecule has 0 spiro atoms. The molecule has 6 heteroatoms. The number of benzene rings is 2. The van der Waals surface area contributed by atoms with Crippen molar-refractivity contribution in [3.8, 4) is 11.5 Å². The second-order valence-corrected chi connectivity index (χ2v) is 7.65. The van der Waals surface area contributed by atoms with Gasteiger partial charge in [0.1, 0.15) is 0 Å². The molecule has 162 valence electrons. The number of rotatable bonds is 9. The number of ether oxygens (including phenoxy) is 2. The first kappa shape index (κ1) is 21.7. The van der Waals surface area contributed by atoms with Crippen molar-refractivity contribution in [3.05, 3.63) is 108 Å². The van der Waals surface area contributed by atoms with Gasteiger partial charge in [0.05, 0.1) is 13.7 Å². The summed E-state index contributed by atoms with van der Waals surface area (Å²) >= 11 is 6.30. The molecule has 2 aromatic carbocycles. The Labute approximate surface area is 193 Å². The second kappa shape index (κ2) is 10.6. The van der Waals surface area contributed by atoms with Crippen LogP contribution in [-0.4, -0.2) is 23.7 Å². The molecular weight excluding hydrogens is 422 g/mol. The maximum absolute atomic E-state index is 6.30. The van der Waals surface area contributed by atoms with E-state index in [9.17, 15) is 0 Å². The highest BCUT2D eigenvalue weighted by atomic mass is 35.5. The fourth-order valence-corrected chi connectivity index (χ4v) is 3.61. The van der Waals surface area contributed by atoms with Crippen molar-refractivity contribution < 1.29 is 9.47 Å². The Morgan fingerprint density at radius 2 is 1.66 bits per heavy atom. The second-order valence-electron chi connectivity index (χ2n) is 7.22. The molecule has 5 nitrogen and oxygen atoms in total. The molecule has 0 radical (unpaired) electrons. The van der Waals surface area contributed by atoms with Gasteiger partial charge < -0.3 is 14.4 Å². The molecule has 2 aromatic heterocycles. The molecule has 0 saturated heterocycles. The van der Waals surface area contributed by atoms with Crippen LogP contribution in [0.3, 0.4) is 0 Å². The minimum Gasteiger partial charge on any atom is -0.493 e. The van der Waals surface area contributed by atoms with Gasteiger partial charge in [-0.3, -0.25) is 9.97 Å². The van der Waals surface area contributed by atoms with Crippen molar-refractivity contribution >= 4 is 23.0 Å². The molecule has 2 heterocycles. The van der Waals surface area contributed by atoms with E-state index in [0.717, 1.165) is 23.4 Å². The van der Waals surface area contributed by atoms with Crippen LogP contribution in [0, 0.1) is 0 Å². The average Bonchev–Trinajstić information content (AvgIpc) is 2.84. The van der Waals surface area contributed by atoms with Crippen molar-refractivity contribution in [3.63, 3.8) is 0 Å². The minimum atomic E-state index is 0.531. The van der Waals surface area contributed by atoms with Crippen LogP contribution < -0.4 is 14.4 Å². The normalized spacial score (nSPS) is 10.6. The largest absolute Gasteiger partial charge is 0.493 e. The summed E-state index contributed by atoms with van der Waals surface area (Å²) in [6, 6.07) is 21.7. The number of aromatic nitrogens is 2. The Morgan fingerprint density at radius 1 is 0.812 bits per heavy atom. The van der Waals surface area contributed by atoms with Crippen LogP contribution >= 0.6 is 11.6 Å². The highest BCUT2D eigenvalue weighted by molar-refractivity contribution is 6.30. The fraction of sp³-hybridized carbons (Fsp3) is 0.154. The van der Waals surface area contributed by atoms with Gasteiger partial charge in [-0.25, -0.2) is 0 Å². The molecule has 0 fully saturated rings. The topological polar surface area (TPSA) is 47.5 Å². The monoisotopic (exact) mass is 445 g/mol. The van der Waals surface area contributed by atoms with Crippen molar-refractivity contribution in [2.24, 2.45) is 0 Å². The highest BCUT2D eigenvalue weighted by Crippen LogP contribution is 2.36. The summed E-state index contributed by atoms with van der Waals surface area (Å²) in [6.07, 6.45) is 8.00. The molecule has 0 atom stereocenters. The van der Waals surface area contributed by atoms with E-state index in [1.54, 1.807) is 25.7 Å². The lowest BCUT2D eigenvalue weighted by molar-refractivity contribution is 0.298. The summed E-state index contributed by atoms with van der Waals surface area (Å²) in [5.74, 6) is 1.38. The van der Waals surface area contributed by atoms with Gasteiger partial charge in [0.15, 0.2) is 11.5 Å². The van der Waals surface area contributed by atoms with Gasteiger partial charge in [-0.05, 0) is 59.7 Å². The van der Waals surface area contributed by atoms with Crippen molar-refractivity contribution in [1.82, 2.24) is 9.97 Å². The van der Waals surface area contributed by atoms with Crippen LogP contribution in [0.5, 0.6) is 11.5 Å². The van der Waals surface area contributed by atoms with Gasteiger partial charge in [-0.15, -0.1) is 0 Å². The zero-order valence-electron chi connectivity index (χ0n) is 17.8. The number of anilines is 2. The van der Waals surface area contributed by atoms with Crippen molar-refractivity contribution in [2.75, 3.05) is 18.6 Å². The third kappa shape index (κ3) is 5.56. The molecule has 0 aliphatic rings. The average molecular weight is 446 g/mol. The molecule has 0 saturated carbocycles. The molecule has 4 aromatic rings. The van der Waals surface area contributed by atoms with Crippen LogP contribution in [0.1, 0.15) is 11.1 Å². The van der Waals surface area contributed by atoms with Crippen LogP contribution in [-0.2, 0) is 13.0 Å². The number of halogens is 1. The van der Waals surface area contributed by atoms with Gasteiger partial charge in [0, 0.05) is 60.2 Å². The van der Waals surface area contributed by atoms with E-state index in [-0.39, 0.29) is 0 Å². The SMILES string of the molecule is COc1ccc(N(Cc2cccnc2)c2cccc(Cl)c2)cc1OCCc1ccncc1. The predicted molar refractivity (Wildman–Crippen MR) is 128 cm³/mol. The summed E-state index contributed by atoms with van der Waals surface area (Å²) < 4.78 is 11.7. The van der Waals surface area contributed by atoms with E-state index < -0.39 is 0 Å². The maximum Gasteiger partial charge on any atom is 0.163 e. The molecule has 0 N–H and O–H groups in total. The van der Waals surface area contributed by atoms with Crippen LogP contribution in [0.2, 0.25) is 5.02 Å². The fourth-order valence-electron chi connectivity index (χ4n) is 3.42. The van der Waals surface area contributed by atoms with Gasteiger partial charge in [-0.2, -0.15) is 0 Å². The molecule has 0 unspecified atom stereocenters. The Hall–Kier alpha value is -3.57. The summed E-state index contributed by atoms with van der Waals surface area (Å²) in [7, 11) is 1.65. The molecule has 0 aliphatic heterocycles.